The second-order valence-corrected chi connectivity index (χ2v) is 8.35. The van der Waals surface area contributed by atoms with Crippen LogP contribution < -0.4 is 5.32 Å². The van der Waals surface area contributed by atoms with E-state index < -0.39 is 0 Å². The third-order valence-corrected chi connectivity index (χ3v) is 6.25. The van der Waals surface area contributed by atoms with Crippen LogP contribution in [0.2, 0.25) is 0 Å². The number of aryl methyl sites for hydroxylation is 1. The van der Waals surface area contributed by atoms with E-state index >= 15 is 0 Å². The van der Waals surface area contributed by atoms with Gasteiger partial charge in [0.05, 0.1) is 0 Å². The molecule has 0 atom stereocenters. The molecule has 3 aromatic rings. The summed E-state index contributed by atoms with van der Waals surface area (Å²) in [6.45, 7) is 3.16. The molecule has 2 amide bonds. The molecule has 2 aromatic carbocycles. The Bertz CT molecular complexity index is 1040. The molecule has 30 heavy (non-hydrogen) atoms. The van der Waals surface area contributed by atoms with Gasteiger partial charge < -0.3 is 10.2 Å². The Balaban J connectivity index is 1.34. The summed E-state index contributed by atoms with van der Waals surface area (Å²) in [5.41, 5.74) is 2.33. The standard InChI is InChI=1S/C22H21FN4O2S/c1-14-2-8-18(9-3-14)24-19(28)21-26-25-20(30-21)15-10-12-27(13-11-15)22(29)16-4-6-17(23)7-5-16/h2-9,15H,10-13H2,1H3,(H,24,28). The lowest BCUT2D eigenvalue weighted by Crippen LogP contribution is -2.37. The van der Waals surface area contributed by atoms with Gasteiger partial charge in [0.15, 0.2) is 0 Å². The number of rotatable bonds is 4. The molecule has 0 spiro atoms. The van der Waals surface area contributed by atoms with E-state index in [-0.39, 0.29) is 23.5 Å². The Morgan fingerprint density at radius 1 is 1.03 bits per heavy atom. The van der Waals surface area contributed by atoms with Crippen molar-refractivity contribution in [3.8, 4) is 0 Å². The minimum Gasteiger partial charge on any atom is -0.339 e. The number of hydrogen-bond acceptors (Lipinski definition) is 5. The molecular weight excluding hydrogens is 403 g/mol. The summed E-state index contributed by atoms with van der Waals surface area (Å²) in [6.07, 6.45) is 1.50. The van der Waals surface area contributed by atoms with Crippen LogP contribution in [0.25, 0.3) is 0 Å². The highest BCUT2D eigenvalue weighted by Crippen LogP contribution is 2.31. The SMILES string of the molecule is Cc1ccc(NC(=O)c2nnc(C3CCN(C(=O)c4ccc(F)cc4)CC3)s2)cc1. The average Bonchev–Trinajstić information content (AvgIpc) is 3.26. The number of nitrogens with zero attached hydrogens (tertiary/aromatic N) is 3. The first-order chi connectivity index (χ1) is 14.5. The summed E-state index contributed by atoms with van der Waals surface area (Å²) in [5, 5.41) is 12.3. The summed E-state index contributed by atoms with van der Waals surface area (Å²) in [7, 11) is 0. The Hall–Kier alpha value is -3.13. The van der Waals surface area contributed by atoms with Crippen molar-refractivity contribution in [2.45, 2.75) is 25.7 Å². The molecule has 0 unspecified atom stereocenters. The molecular formula is C22H21FN4O2S. The summed E-state index contributed by atoms with van der Waals surface area (Å²) in [4.78, 5) is 26.8. The number of benzene rings is 2. The molecule has 0 radical (unpaired) electrons. The highest BCUT2D eigenvalue weighted by atomic mass is 32.1. The molecule has 1 aliphatic rings. The van der Waals surface area contributed by atoms with Crippen molar-refractivity contribution in [1.82, 2.24) is 15.1 Å². The van der Waals surface area contributed by atoms with Gasteiger partial charge in [0.1, 0.15) is 10.8 Å². The van der Waals surface area contributed by atoms with Gasteiger partial charge in [0.2, 0.25) is 5.01 Å². The van der Waals surface area contributed by atoms with Gasteiger partial charge in [-0.05, 0) is 56.2 Å². The fourth-order valence-electron chi connectivity index (χ4n) is 3.42. The number of nitrogens with one attached hydrogen (secondary N) is 1. The monoisotopic (exact) mass is 424 g/mol. The second kappa shape index (κ2) is 8.71. The molecule has 4 rings (SSSR count). The first-order valence-corrected chi connectivity index (χ1v) is 10.6. The summed E-state index contributed by atoms with van der Waals surface area (Å²) >= 11 is 1.30. The lowest BCUT2D eigenvalue weighted by molar-refractivity contribution is 0.0712. The van der Waals surface area contributed by atoms with Gasteiger partial charge in [-0.1, -0.05) is 29.0 Å². The molecule has 8 heteroatoms. The number of hydrogen-bond donors (Lipinski definition) is 1. The molecule has 2 heterocycles. The van der Waals surface area contributed by atoms with E-state index in [4.69, 9.17) is 0 Å². The summed E-state index contributed by atoms with van der Waals surface area (Å²) in [6, 6.07) is 13.2. The van der Waals surface area contributed by atoms with E-state index in [1.54, 1.807) is 4.90 Å². The molecule has 0 bridgehead atoms. The van der Waals surface area contributed by atoms with E-state index in [1.807, 2.05) is 31.2 Å². The van der Waals surface area contributed by atoms with Crippen molar-refractivity contribution in [3.05, 3.63) is 75.5 Å². The highest BCUT2D eigenvalue weighted by molar-refractivity contribution is 7.13. The minimum absolute atomic E-state index is 0.0936. The number of carbonyl (C=O) groups is 2. The van der Waals surface area contributed by atoms with E-state index in [1.165, 1.54) is 35.6 Å². The van der Waals surface area contributed by atoms with Gasteiger partial charge in [-0.2, -0.15) is 0 Å². The maximum atomic E-state index is 13.1. The first-order valence-electron chi connectivity index (χ1n) is 9.76. The topological polar surface area (TPSA) is 75.2 Å². The van der Waals surface area contributed by atoms with Crippen molar-refractivity contribution in [2.75, 3.05) is 18.4 Å². The Morgan fingerprint density at radius 2 is 1.70 bits per heavy atom. The molecule has 1 saturated heterocycles. The largest absolute Gasteiger partial charge is 0.339 e. The Morgan fingerprint density at radius 3 is 2.37 bits per heavy atom. The molecule has 0 saturated carbocycles. The normalized spacial score (nSPS) is 14.5. The number of anilines is 1. The predicted octanol–water partition coefficient (Wildman–Crippen LogP) is 4.26. The van der Waals surface area contributed by atoms with Gasteiger partial charge in [0.25, 0.3) is 11.8 Å². The van der Waals surface area contributed by atoms with Crippen LogP contribution in [0.5, 0.6) is 0 Å². The number of likely N-dealkylation sites (tertiary alicyclic amines) is 1. The van der Waals surface area contributed by atoms with Crippen LogP contribution in [0.15, 0.2) is 48.5 Å². The van der Waals surface area contributed by atoms with E-state index in [2.05, 4.69) is 15.5 Å². The van der Waals surface area contributed by atoms with Crippen LogP contribution in [0.4, 0.5) is 10.1 Å². The zero-order valence-electron chi connectivity index (χ0n) is 16.5. The maximum absolute atomic E-state index is 13.1. The van der Waals surface area contributed by atoms with Crippen molar-refractivity contribution >= 4 is 28.8 Å². The number of piperidine rings is 1. The van der Waals surface area contributed by atoms with E-state index in [9.17, 15) is 14.0 Å². The van der Waals surface area contributed by atoms with Crippen LogP contribution in [0, 0.1) is 12.7 Å². The lowest BCUT2D eigenvalue weighted by atomic mass is 9.97. The molecule has 1 fully saturated rings. The number of halogens is 1. The zero-order valence-corrected chi connectivity index (χ0v) is 17.3. The van der Waals surface area contributed by atoms with E-state index in [0.717, 1.165) is 29.1 Å². The highest BCUT2D eigenvalue weighted by Gasteiger charge is 2.27. The molecule has 1 aromatic heterocycles. The average molecular weight is 425 g/mol. The minimum atomic E-state index is -0.358. The van der Waals surface area contributed by atoms with Crippen LogP contribution in [-0.2, 0) is 0 Å². The van der Waals surface area contributed by atoms with Crippen molar-refractivity contribution in [3.63, 3.8) is 0 Å². The quantitative estimate of drug-likeness (QED) is 0.679. The fourth-order valence-corrected chi connectivity index (χ4v) is 4.32. The molecule has 0 aliphatic carbocycles. The second-order valence-electron chi connectivity index (χ2n) is 7.34. The van der Waals surface area contributed by atoms with Gasteiger partial charge in [-0.15, -0.1) is 10.2 Å². The smallest absolute Gasteiger partial charge is 0.286 e. The van der Waals surface area contributed by atoms with Crippen molar-refractivity contribution in [2.24, 2.45) is 0 Å². The van der Waals surface area contributed by atoms with Gasteiger partial charge in [-0.3, -0.25) is 9.59 Å². The van der Waals surface area contributed by atoms with Gasteiger partial charge >= 0.3 is 0 Å². The Kier molecular flexibility index (Phi) is 5.85. The van der Waals surface area contributed by atoms with Crippen molar-refractivity contribution < 1.29 is 14.0 Å². The summed E-state index contributed by atoms with van der Waals surface area (Å²) < 4.78 is 13.1. The number of carbonyl (C=O) groups excluding carboxylic acids is 2. The fraction of sp³-hybridized carbons (Fsp3) is 0.273. The first kappa shape index (κ1) is 20.2. The van der Waals surface area contributed by atoms with Gasteiger partial charge in [0, 0.05) is 30.3 Å². The molecule has 1 aliphatic heterocycles. The van der Waals surface area contributed by atoms with Gasteiger partial charge in [-0.25, -0.2) is 4.39 Å². The lowest BCUT2D eigenvalue weighted by Gasteiger charge is -2.31. The Labute approximate surface area is 177 Å². The number of aromatic nitrogens is 2. The summed E-state index contributed by atoms with van der Waals surface area (Å²) in [5.74, 6) is -0.556. The number of amides is 2. The zero-order chi connectivity index (χ0) is 21.1. The predicted molar refractivity (Wildman–Crippen MR) is 113 cm³/mol. The van der Waals surface area contributed by atoms with Crippen molar-refractivity contribution in [1.29, 1.82) is 0 Å². The molecule has 154 valence electrons. The van der Waals surface area contributed by atoms with E-state index in [0.29, 0.717) is 23.7 Å². The van der Waals surface area contributed by atoms with Crippen LogP contribution in [0.1, 0.15) is 49.5 Å². The van der Waals surface area contributed by atoms with Crippen LogP contribution in [-0.4, -0.2) is 40.0 Å². The third-order valence-electron chi connectivity index (χ3n) is 5.17. The maximum Gasteiger partial charge on any atom is 0.286 e. The van der Waals surface area contributed by atoms with Crippen LogP contribution in [0.3, 0.4) is 0 Å². The van der Waals surface area contributed by atoms with Crippen LogP contribution >= 0.6 is 11.3 Å². The molecule has 1 N–H and O–H groups in total. The third kappa shape index (κ3) is 4.54. The molecule has 6 nitrogen and oxygen atoms in total.